The average Bonchev–Trinajstić information content (AvgIpc) is 2.32. The molecule has 2 rings (SSSR count). The van der Waals surface area contributed by atoms with Gasteiger partial charge in [-0.25, -0.2) is 0 Å². The predicted octanol–water partition coefficient (Wildman–Crippen LogP) is 2.29. The van der Waals surface area contributed by atoms with Crippen molar-refractivity contribution >= 4 is 0 Å². The van der Waals surface area contributed by atoms with Gasteiger partial charge < -0.3 is 10.4 Å². The van der Waals surface area contributed by atoms with Crippen LogP contribution in [0.2, 0.25) is 0 Å². The predicted molar refractivity (Wildman–Crippen MR) is 71.2 cm³/mol. The van der Waals surface area contributed by atoms with Gasteiger partial charge in [0.25, 0.3) is 0 Å². The fourth-order valence-corrected chi connectivity index (χ4v) is 2.54. The van der Waals surface area contributed by atoms with E-state index in [9.17, 15) is 5.11 Å². The Morgan fingerprint density at radius 3 is 2.53 bits per heavy atom. The standard InChI is InChI=1S/C15H23NO/c1-12(17)10-13-5-7-14(8-6-13)11-15-4-2-3-9-16-15/h5-8,12,15-17H,2-4,9-11H2,1H3. The molecule has 0 amide bonds. The second kappa shape index (κ2) is 6.18. The summed E-state index contributed by atoms with van der Waals surface area (Å²) >= 11 is 0. The van der Waals surface area contributed by atoms with Crippen LogP contribution in [0, 0.1) is 0 Å². The highest BCUT2D eigenvalue weighted by molar-refractivity contribution is 5.23. The van der Waals surface area contributed by atoms with Crippen LogP contribution < -0.4 is 5.32 Å². The summed E-state index contributed by atoms with van der Waals surface area (Å²) in [7, 11) is 0. The van der Waals surface area contributed by atoms with Crippen LogP contribution in [-0.4, -0.2) is 23.8 Å². The number of aliphatic hydroxyl groups is 1. The summed E-state index contributed by atoms with van der Waals surface area (Å²) in [5.41, 5.74) is 2.62. The minimum Gasteiger partial charge on any atom is -0.393 e. The Morgan fingerprint density at radius 1 is 1.24 bits per heavy atom. The summed E-state index contributed by atoms with van der Waals surface area (Å²) in [6, 6.07) is 9.35. The number of hydrogen-bond donors (Lipinski definition) is 2. The highest BCUT2D eigenvalue weighted by atomic mass is 16.3. The molecular weight excluding hydrogens is 210 g/mol. The third-order valence-corrected chi connectivity index (χ3v) is 3.45. The zero-order valence-corrected chi connectivity index (χ0v) is 10.7. The van der Waals surface area contributed by atoms with Crippen LogP contribution in [0.5, 0.6) is 0 Å². The Labute approximate surface area is 104 Å². The second-order valence-electron chi connectivity index (χ2n) is 5.22. The summed E-state index contributed by atoms with van der Waals surface area (Å²) in [6.07, 6.45) is 5.62. The molecule has 1 aliphatic rings. The molecule has 0 aromatic heterocycles. The van der Waals surface area contributed by atoms with E-state index in [2.05, 4.69) is 29.6 Å². The van der Waals surface area contributed by atoms with E-state index in [0.29, 0.717) is 6.04 Å². The molecule has 0 aliphatic carbocycles. The van der Waals surface area contributed by atoms with Gasteiger partial charge >= 0.3 is 0 Å². The molecule has 2 nitrogen and oxygen atoms in total. The van der Waals surface area contributed by atoms with Crippen molar-refractivity contribution in [3.63, 3.8) is 0 Å². The number of piperidine rings is 1. The molecule has 94 valence electrons. The lowest BCUT2D eigenvalue weighted by Gasteiger charge is -2.23. The molecule has 2 heteroatoms. The Hall–Kier alpha value is -0.860. The van der Waals surface area contributed by atoms with Gasteiger partial charge in [0.2, 0.25) is 0 Å². The zero-order valence-electron chi connectivity index (χ0n) is 10.7. The van der Waals surface area contributed by atoms with Crippen LogP contribution in [0.4, 0.5) is 0 Å². The van der Waals surface area contributed by atoms with E-state index < -0.39 is 0 Å². The molecule has 2 unspecified atom stereocenters. The van der Waals surface area contributed by atoms with Gasteiger partial charge in [-0.05, 0) is 50.3 Å². The van der Waals surface area contributed by atoms with Crippen molar-refractivity contribution in [2.24, 2.45) is 0 Å². The number of aliphatic hydroxyl groups excluding tert-OH is 1. The van der Waals surface area contributed by atoms with E-state index in [1.54, 1.807) is 0 Å². The van der Waals surface area contributed by atoms with Crippen molar-refractivity contribution in [1.29, 1.82) is 0 Å². The molecular formula is C15H23NO. The summed E-state index contributed by atoms with van der Waals surface area (Å²) in [5, 5.41) is 12.9. The van der Waals surface area contributed by atoms with Gasteiger partial charge in [0.1, 0.15) is 0 Å². The van der Waals surface area contributed by atoms with Gasteiger partial charge in [-0.3, -0.25) is 0 Å². The number of rotatable bonds is 4. The monoisotopic (exact) mass is 233 g/mol. The van der Waals surface area contributed by atoms with E-state index in [0.717, 1.165) is 12.8 Å². The van der Waals surface area contributed by atoms with Crippen LogP contribution in [0.15, 0.2) is 24.3 Å². The normalized spacial score (nSPS) is 22.4. The molecule has 1 aliphatic heterocycles. The largest absolute Gasteiger partial charge is 0.393 e. The second-order valence-corrected chi connectivity index (χ2v) is 5.22. The molecule has 1 aromatic rings. The van der Waals surface area contributed by atoms with E-state index in [1.807, 2.05) is 6.92 Å². The van der Waals surface area contributed by atoms with Gasteiger partial charge in [-0.1, -0.05) is 30.7 Å². The van der Waals surface area contributed by atoms with E-state index in [4.69, 9.17) is 0 Å². The van der Waals surface area contributed by atoms with Gasteiger partial charge in [-0.15, -0.1) is 0 Å². The van der Waals surface area contributed by atoms with Crippen LogP contribution in [0.3, 0.4) is 0 Å². The van der Waals surface area contributed by atoms with E-state index >= 15 is 0 Å². The van der Waals surface area contributed by atoms with Crippen LogP contribution in [0.1, 0.15) is 37.3 Å². The molecule has 0 saturated carbocycles. The minimum absolute atomic E-state index is 0.249. The van der Waals surface area contributed by atoms with Gasteiger partial charge in [0, 0.05) is 6.04 Å². The maximum atomic E-state index is 9.33. The quantitative estimate of drug-likeness (QED) is 0.836. The molecule has 2 atom stereocenters. The van der Waals surface area contributed by atoms with Gasteiger partial charge in [-0.2, -0.15) is 0 Å². The topological polar surface area (TPSA) is 32.3 Å². The number of hydrogen-bond acceptors (Lipinski definition) is 2. The SMILES string of the molecule is CC(O)Cc1ccc(CC2CCCCN2)cc1. The summed E-state index contributed by atoms with van der Waals surface area (Å²) in [4.78, 5) is 0. The molecule has 0 radical (unpaired) electrons. The third-order valence-electron chi connectivity index (χ3n) is 3.45. The first-order valence-corrected chi connectivity index (χ1v) is 6.73. The lowest BCUT2D eigenvalue weighted by Crippen LogP contribution is -2.35. The smallest absolute Gasteiger partial charge is 0.0552 e. The third kappa shape index (κ3) is 4.14. The summed E-state index contributed by atoms with van der Waals surface area (Å²) in [6.45, 7) is 3.00. The first-order valence-electron chi connectivity index (χ1n) is 6.73. The highest BCUT2D eigenvalue weighted by Crippen LogP contribution is 2.14. The van der Waals surface area contributed by atoms with E-state index in [1.165, 1.54) is 36.9 Å². The molecule has 1 saturated heterocycles. The van der Waals surface area contributed by atoms with Crippen LogP contribution in [0.25, 0.3) is 0 Å². The molecule has 1 heterocycles. The van der Waals surface area contributed by atoms with Gasteiger partial charge in [0.05, 0.1) is 6.10 Å². The zero-order chi connectivity index (χ0) is 12.1. The van der Waals surface area contributed by atoms with Crippen LogP contribution in [-0.2, 0) is 12.8 Å². The highest BCUT2D eigenvalue weighted by Gasteiger charge is 2.12. The number of benzene rings is 1. The van der Waals surface area contributed by atoms with Crippen molar-refractivity contribution in [3.8, 4) is 0 Å². The van der Waals surface area contributed by atoms with Crippen molar-refractivity contribution in [2.45, 2.75) is 51.2 Å². The summed E-state index contributed by atoms with van der Waals surface area (Å²) in [5.74, 6) is 0. The minimum atomic E-state index is -0.249. The molecule has 0 spiro atoms. The van der Waals surface area contributed by atoms with Crippen molar-refractivity contribution in [3.05, 3.63) is 35.4 Å². The average molecular weight is 233 g/mol. The van der Waals surface area contributed by atoms with Gasteiger partial charge in [0.15, 0.2) is 0 Å². The Bertz CT molecular complexity index is 325. The lowest BCUT2D eigenvalue weighted by molar-refractivity contribution is 0.195. The maximum Gasteiger partial charge on any atom is 0.0552 e. The molecule has 17 heavy (non-hydrogen) atoms. The van der Waals surface area contributed by atoms with Crippen molar-refractivity contribution < 1.29 is 5.11 Å². The molecule has 0 bridgehead atoms. The maximum absolute atomic E-state index is 9.33. The first kappa shape index (κ1) is 12.6. The Balaban J connectivity index is 1.88. The van der Waals surface area contributed by atoms with Crippen molar-refractivity contribution in [1.82, 2.24) is 5.32 Å². The first-order chi connectivity index (χ1) is 8.24. The summed E-state index contributed by atoms with van der Waals surface area (Å²) < 4.78 is 0. The molecule has 2 N–H and O–H groups in total. The molecule has 1 fully saturated rings. The van der Waals surface area contributed by atoms with Crippen LogP contribution >= 0.6 is 0 Å². The fraction of sp³-hybridized carbons (Fsp3) is 0.600. The lowest BCUT2D eigenvalue weighted by atomic mass is 9.96. The Kier molecular flexibility index (Phi) is 4.57. The Morgan fingerprint density at radius 2 is 1.94 bits per heavy atom. The fourth-order valence-electron chi connectivity index (χ4n) is 2.54. The molecule has 1 aromatic carbocycles. The van der Waals surface area contributed by atoms with Crippen molar-refractivity contribution in [2.75, 3.05) is 6.54 Å². The number of nitrogens with one attached hydrogen (secondary N) is 1. The van der Waals surface area contributed by atoms with E-state index in [-0.39, 0.29) is 6.10 Å².